The zero-order valence-corrected chi connectivity index (χ0v) is 16.7. The molecule has 1 aliphatic rings. The third-order valence-corrected chi connectivity index (χ3v) is 5.71. The first kappa shape index (κ1) is 20.4. The number of nitrogens with zero attached hydrogens (tertiary/aromatic N) is 2. The number of halogens is 1. The third-order valence-electron chi connectivity index (χ3n) is 4.66. The van der Waals surface area contributed by atoms with Crippen molar-refractivity contribution in [1.29, 1.82) is 0 Å². The monoisotopic (exact) mass is 404 g/mol. The highest BCUT2D eigenvalue weighted by Gasteiger charge is 2.21. The van der Waals surface area contributed by atoms with Gasteiger partial charge in [-0.05, 0) is 36.6 Å². The topological polar surface area (TPSA) is 64.7 Å². The standard InChI is InChI=1S/C20H25FN4O2S/c1-15(18-6-3-11-28-18)22-19(26)13-24-7-9-25(10-8-24)14-20(27)23-17-5-2-4-16(21)12-17/h2-6,11-12,15H,7-10,13-14H2,1H3,(H,22,26)(H,23,27)/t15-/m0/s1. The van der Waals surface area contributed by atoms with Crippen LogP contribution in [0.4, 0.5) is 10.1 Å². The van der Waals surface area contributed by atoms with E-state index in [1.54, 1.807) is 23.5 Å². The molecule has 1 aliphatic heterocycles. The maximum atomic E-state index is 13.2. The van der Waals surface area contributed by atoms with Gasteiger partial charge in [-0.1, -0.05) is 12.1 Å². The van der Waals surface area contributed by atoms with Crippen LogP contribution in [0.25, 0.3) is 0 Å². The molecular weight excluding hydrogens is 379 g/mol. The fourth-order valence-electron chi connectivity index (χ4n) is 3.17. The summed E-state index contributed by atoms with van der Waals surface area (Å²) < 4.78 is 13.2. The van der Waals surface area contributed by atoms with Gasteiger partial charge in [0.05, 0.1) is 19.1 Å². The molecule has 1 atom stereocenters. The zero-order chi connectivity index (χ0) is 19.9. The minimum Gasteiger partial charge on any atom is -0.348 e. The number of anilines is 1. The smallest absolute Gasteiger partial charge is 0.238 e. The Morgan fingerprint density at radius 2 is 1.75 bits per heavy atom. The molecular formula is C20H25FN4O2S. The molecule has 0 unspecified atom stereocenters. The molecule has 3 rings (SSSR count). The van der Waals surface area contributed by atoms with Crippen molar-refractivity contribution in [1.82, 2.24) is 15.1 Å². The summed E-state index contributed by atoms with van der Waals surface area (Å²) in [4.78, 5) is 29.7. The molecule has 0 spiro atoms. The highest BCUT2D eigenvalue weighted by atomic mass is 32.1. The molecule has 2 heterocycles. The lowest BCUT2D eigenvalue weighted by molar-refractivity contribution is -0.124. The maximum absolute atomic E-state index is 13.2. The lowest BCUT2D eigenvalue weighted by Crippen LogP contribution is -2.51. The predicted molar refractivity (Wildman–Crippen MR) is 109 cm³/mol. The lowest BCUT2D eigenvalue weighted by Gasteiger charge is -2.34. The fraction of sp³-hybridized carbons (Fsp3) is 0.400. The summed E-state index contributed by atoms with van der Waals surface area (Å²) in [5.74, 6) is -0.530. The normalized spacial score (nSPS) is 16.5. The second-order valence-corrected chi connectivity index (χ2v) is 7.89. The first-order chi connectivity index (χ1) is 13.5. The van der Waals surface area contributed by atoms with Gasteiger partial charge in [-0.3, -0.25) is 19.4 Å². The SMILES string of the molecule is C[C@H](NC(=O)CN1CCN(CC(=O)Nc2cccc(F)c2)CC1)c1cccs1. The number of benzene rings is 1. The number of thiophene rings is 1. The number of amides is 2. The first-order valence-corrected chi connectivity index (χ1v) is 10.2. The van der Waals surface area contributed by atoms with Gasteiger partial charge in [-0.25, -0.2) is 4.39 Å². The van der Waals surface area contributed by atoms with Crippen LogP contribution in [0.15, 0.2) is 41.8 Å². The summed E-state index contributed by atoms with van der Waals surface area (Å²) >= 11 is 1.63. The van der Waals surface area contributed by atoms with Crippen LogP contribution in [-0.2, 0) is 9.59 Å². The number of nitrogens with one attached hydrogen (secondary N) is 2. The molecule has 0 aliphatic carbocycles. The van der Waals surface area contributed by atoms with E-state index in [1.807, 2.05) is 29.3 Å². The van der Waals surface area contributed by atoms with Crippen molar-refractivity contribution >= 4 is 28.8 Å². The first-order valence-electron chi connectivity index (χ1n) is 9.32. The fourth-order valence-corrected chi connectivity index (χ4v) is 3.91. The Morgan fingerprint density at radius 1 is 1.07 bits per heavy atom. The summed E-state index contributed by atoms with van der Waals surface area (Å²) in [7, 11) is 0. The van der Waals surface area contributed by atoms with E-state index in [4.69, 9.17) is 0 Å². The summed E-state index contributed by atoms with van der Waals surface area (Å²) in [6.45, 7) is 5.49. The Bertz CT molecular complexity index is 791. The van der Waals surface area contributed by atoms with Crippen LogP contribution in [0.3, 0.4) is 0 Å². The number of carbonyl (C=O) groups excluding carboxylic acids is 2. The van der Waals surface area contributed by atoms with Gasteiger partial charge in [-0.15, -0.1) is 11.3 Å². The highest BCUT2D eigenvalue weighted by molar-refractivity contribution is 7.10. The molecule has 1 aromatic carbocycles. The summed E-state index contributed by atoms with van der Waals surface area (Å²) in [6, 6.07) is 9.87. The van der Waals surface area contributed by atoms with Crippen molar-refractivity contribution in [2.45, 2.75) is 13.0 Å². The molecule has 2 aromatic rings. The van der Waals surface area contributed by atoms with Crippen molar-refractivity contribution in [2.75, 3.05) is 44.6 Å². The van der Waals surface area contributed by atoms with Crippen molar-refractivity contribution in [2.24, 2.45) is 0 Å². The molecule has 8 heteroatoms. The molecule has 0 saturated carbocycles. The van der Waals surface area contributed by atoms with Crippen LogP contribution < -0.4 is 10.6 Å². The van der Waals surface area contributed by atoms with E-state index in [2.05, 4.69) is 15.5 Å². The van der Waals surface area contributed by atoms with Gasteiger partial charge in [0.25, 0.3) is 0 Å². The number of piperazine rings is 1. The van der Waals surface area contributed by atoms with Gasteiger partial charge >= 0.3 is 0 Å². The predicted octanol–water partition coefficient (Wildman–Crippen LogP) is 2.32. The van der Waals surface area contributed by atoms with E-state index in [0.29, 0.717) is 25.3 Å². The maximum Gasteiger partial charge on any atom is 0.238 e. The van der Waals surface area contributed by atoms with Gasteiger partial charge in [0, 0.05) is 36.7 Å². The molecule has 28 heavy (non-hydrogen) atoms. The summed E-state index contributed by atoms with van der Waals surface area (Å²) in [5, 5.41) is 7.74. The Balaban J connectivity index is 1.37. The van der Waals surface area contributed by atoms with Gasteiger partial charge in [0.2, 0.25) is 11.8 Å². The van der Waals surface area contributed by atoms with Crippen LogP contribution >= 0.6 is 11.3 Å². The molecule has 0 bridgehead atoms. The summed E-state index contributed by atoms with van der Waals surface area (Å²) in [5.41, 5.74) is 0.458. The Labute approximate surface area is 168 Å². The van der Waals surface area contributed by atoms with Gasteiger partial charge in [-0.2, -0.15) is 0 Å². The van der Waals surface area contributed by atoms with E-state index in [1.165, 1.54) is 12.1 Å². The van der Waals surface area contributed by atoms with Crippen molar-refractivity contribution in [3.63, 3.8) is 0 Å². The van der Waals surface area contributed by atoms with Crippen molar-refractivity contribution in [3.8, 4) is 0 Å². The minimum absolute atomic E-state index is 0.0122. The van der Waals surface area contributed by atoms with Crippen molar-refractivity contribution in [3.05, 3.63) is 52.5 Å². The molecule has 2 amide bonds. The van der Waals surface area contributed by atoms with Crippen molar-refractivity contribution < 1.29 is 14.0 Å². The molecule has 150 valence electrons. The molecule has 1 fully saturated rings. The van der Waals surface area contributed by atoms with Crippen LogP contribution in [0, 0.1) is 5.82 Å². The second-order valence-electron chi connectivity index (χ2n) is 6.92. The molecule has 2 N–H and O–H groups in total. The molecule has 0 radical (unpaired) electrons. The largest absolute Gasteiger partial charge is 0.348 e. The Hall–Kier alpha value is -2.29. The van der Waals surface area contributed by atoms with Crippen LogP contribution in [0.1, 0.15) is 17.8 Å². The molecule has 1 saturated heterocycles. The molecule has 1 aromatic heterocycles. The van der Waals surface area contributed by atoms with Gasteiger partial charge < -0.3 is 10.6 Å². The number of carbonyl (C=O) groups is 2. The van der Waals surface area contributed by atoms with Crippen LogP contribution in [-0.4, -0.2) is 60.9 Å². The average molecular weight is 405 g/mol. The number of hydrogen-bond acceptors (Lipinski definition) is 5. The number of hydrogen-bond donors (Lipinski definition) is 2. The van der Waals surface area contributed by atoms with Crippen LogP contribution in [0.2, 0.25) is 0 Å². The van der Waals surface area contributed by atoms with E-state index >= 15 is 0 Å². The highest BCUT2D eigenvalue weighted by Crippen LogP contribution is 2.18. The van der Waals surface area contributed by atoms with E-state index in [-0.39, 0.29) is 30.2 Å². The van der Waals surface area contributed by atoms with E-state index in [9.17, 15) is 14.0 Å². The molecule has 6 nitrogen and oxygen atoms in total. The van der Waals surface area contributed by atoms with E-state index in [0.717, 1.165) is 18.0 Å². The van der Waals surface area contributed by atoms with E-state index < -0.39 is 0 Å². The Morgan fingerprint density at radius 3 is 2.36 bits per heavy atom. The quantitative estimate of drug-likeness (QED) is 0.743. The number of rotatable bonds is 7. The average Bonchev–Trinajstić information content (AvgIpc) is 3.18. The minimum atomic E-state index is -0.377. The Kier molecular flexibility index (Phi) is 7.13. The van der Waals surface area contributed by atoms with Gasteiger partial charge in [0.15, 0.2) is 0 Å². The lowest BCUT2D eigenvalue weighted by atomic mass is 10.2. The zero-order valence-electron chi connectivity index (χ0n) is 15.9. The third kappa shape index (κ3) is 6.12. The van der Waals surface area contributed by atoms with Crippen LogP contribution in [0.5, 0.6) is 0 Å². The summed E-state index contributed by atoms with van der Waals surface area (Å²) in [6.07, 6.45) is 0. The van der Waals surface area contributed by atoms with Gasteiger partial charge in [0.1, 0.15) is 5.82 Å². The second kappa shape index (κ2) is 9.77.